The summed E-state index contributed by atoms with van der Waals surface area (Å²) < 4.78 is 0. The number of carboxylic acids is 1. The second kappa shape index (κ2) is 5.48. The lowest BCUT2D eigenvalue weighted by Crippen LogP contribution is -2.35. The summed E-state index contributed by atoms with van der Waals surface area (Å²) in [5.74, 6) is -0.890. The lowest BCUT2D eigenvalue weighted by Gasteiger charge is -2.20. The average molecular weight is 251 g/mol. The molecule has 0 aliphatic carbocycles. The van der Waals surface area contributed by atoms with Crippen molar-refractivity contribution in [3.8, 4) is 0 Å². The van der Waals surface area contributed by atoms with Gasteiger partial charge in [-0.2, -0.15) is 0 Å². The monoisotopic (exact) mass is 251 g/mol. The van der Waals surface area contributed by atoms with E-state index in [2.05, 4.69) is 0 Å². The maximum atomic E-state index is 11.1. The molecule has 98 valence electrons. The highest BCUT2D eigenvalue weighted by Crippen LogP contribution is 2.21. The number of rotatable bonds is 4. The van der Waals surface area contributed by atoms with E-state index in [0.29, 0.717) is 13.1 Å². The predicted molar refractivity (Wildman–Crippen MR) is 64.8 cm³/mol. The molecule has 2 atom stereocenters. The summed E-state index contributed by atoms with van der Waals surface area (Å²) in [6.07, 6.45) is -0.285. The topological polar surface area (TPSA) is 81.0 Å². The Balaban J connectivity index is 2.05. The number of hydrogen-bond donors (Lipinski definition) is 3. The molecule has 1 fully saturated rings. The standard InChI is InChI=1S/C13H17NO4/c15-8-10-3-1-9(2-4-10)6-14-7-11(16)5-12(14)13(17)18/h1-4,11-12,15-16H,5-8H2,(H,17,18). The summed E-state index contributed by atoms with van der Waals surface area (Å²) in [4.78, 5) is 12.8. The van der Waals surface area contributed by atoms with Crippen LogP contribution in [0.1, 0.15) is 17.5 Å². The van der Waals surface area contributed by atoms with E-state index in [9.17, 15) is 9.90 Å². The Kier molecular flexibility index (Phi) is 3.96. The molecule has 1 aromatic carbocycles. The molecule has 5 nitrogen and oxygen atoms in total. The Morgan fingerprint density at radius 1 is 1.28 bits per heavy atom. The van der Waals surface area contributed by atoms with Crippen LogP contribution in [0.5, 0.6) is 0 Å². The third-order valence-corrected chi connectivity index (χ3v) is 3.26. The Labute approximate surface area is 105 Å². The van der Waals surface area contributed by atoms with Crippen LogP contribution in [0.15, 0.2) is 24.3 Å². The molecule has 1 saturated heterocycles. The van der Waals surface area contributed by atoms with E-state index in [1.165, 1.54) is 0 Å². The second-order valence-corrected chi connectivity index (χ2v) is 4.65. The Morgan fingerprint density at radius 3 is 2.44 bits per heavy atom. The van der Waals surface area contributed by atoms with Gasteiger partial charge in [0.2, 0.25) is 0 Å². The van der Waals surface area contributed by atoms with Crippen molar-refractivity contribution in [3.05, 3.63) is 35.4 Å². The maximum Gasteiger partial charge on any atom is 0.321 e. The molecule has 0 amide bonds. The maximum absolute atomic E-state index is 11.1. The molecule has 5 heteroatoms. The van der Waals surface area contributed by atoms with E-state index in [0.717, 1.165) is 11.1 Å². The van der Waals surface area contributed by atoms with Crippen molar-refractivity contribution >= 4 is 5.97 Å². The van der Waals surface area contributed by atoms with Crippen molar-refractivity contribution in [2.24, 2.45) is 0 Å². The van der Waals surface area contributed by atoms with Gasteiger partial charge >= 0.3 is 5.97 Å². The molecule has 2 rings (SSSR count). The first-order valence-electron chi connectivity index (χ1n) is 5.93. The van der Waals surface area contributed by atoms with Crippen LogP contribution in [-0.4, -0.2) is 44.9 Å². The van der Waals surface area contributed by atoms with Gasteiger partial charge in [0.1, 0.15) is 6.04 Å². The third-order valence-electron chi connectivity index (χ3n) is 3.26. The molecular formula is C13H17NO4. The van der Waals surface area contributed by atoms with Crippen LogP contribution < -0.4 is 0 Å². The van der Waals surface area contributed by atoms with E-state index in [1.807, 2.05) is 24.3 Å². The SMILES string of the molecule is O=C(O)C1CC(O)CN1Cc1ccc(CO)cc1. The Bertz CT molecular complexity index is 418. The normalized spacial score (nSPS) is 24.3. The lowest BCUT2D eigenvalue weighted by molar-refractivity contribution is -0.142. The number of aliphatic hydroxyl groups is 2. The average Bonchev–Trinajstić information content (AvgIpc) is 2.71. The zero-order chi connectivity index (χ0) is 13.1. The van der Waals surface area contributed by atoms with Gasteiger partial charge in [0.05, 0.1) is 12.7 Å². The first-order valence-corrected chi connectivity index (χ1v) is 5.93. The molecule has 0 saturated carbocycles. The predicted octanol–water partition coefficient (Wildman–Crippen LogP) is 0.199. The van der Waals surface area contributed by atoms with Crippen LogP contribution >= 0.6 is 0 Å². The van der Waals surface area contributed by atoms with E-state index >= 15 is 0 Å². The summed E-state index contributed by atoms with van der Waals surface area (Å²) >= 11 is 0. The van der Waals surface area contributed by atoms with Crippen molar-refractivity contribution in [2.75, 3.05) is 6.54 Å². The highest BCUT2D eigenvalue weighted by molar-refractivity contribution is 5.74. The summed E-state index contributed by atoms with van der Waals surface area (Å²) in [5, 5.41) is 27.6. The van der Waals surface area contributed by atoms with Gasteiger partial charge in [0.25, 0.3) is 0 Å². The van der Waals surface area contributed by atoms with Crippen molar-refractivity contribution in [2.45, 2.75) is 31.7 Å². The molecule has 0 radical (unpaired) electrons. The number of aliphatic carboxylic acids is 1. The summed E-state index contributed by atoms with van der Waals surface area (Å²) in [6, 6.07) is 6.76. The fraction of sp³-hybridized carbons (Fsp3) is 0.462. The summed E-state index contributed by atoms with van der Waals surface area (Å²) in [7, 11) is 0. The Hall–Kier alpha value is -1.43. The van der Waals surface area contributed by atoms with Gasteiger partial charge in [-0.1, -0.05) is 24.3 Å². The lowest BCUT2D eigenvalue weighted by atomic mass is 10.1. The molecule has 0 aromatic heterocycles. The molecular weight excluding hydrogens is 234 g/mol. The van der Waals surface area contributed by atoms with Crippen LogP contribution in [0.4, 0.5) is 0 Å². The van der Waals surface area contributed by atoms with Crippen LogP contribution in [0, 0.1) is 0 Å². The summed E-state index contributed by atoms with van der Waals surface area (Å²) in [5.41, 5.74) is 1.81. The number of carbonyl (C=O) groups is 1. The van der Waals surface area contributed by atoms with Crippen molar-refractivity contribution in [1.82, 2.24) is 4.90 Å². The quantitative estimate of drug-likeness (QED) is 0.712. The van der Waals surface area contributed by atoms with E-state index in [-0.39, 0.29) is 13.0 Å². The van der Waals surface area contributed by atoms with Gasteiger partial charge in [-0.3, -0.25) is 9.69 Å². The summed E-state index contributed by atoms with van der Waals surface area (Å²) in [6.45, 7) is 0.888. The largest absolute Gasteiger partial charge is 0.480 e. The number of likely N-dealkylation sites (tertiary alicyclic amines) is 1. The fourth-order valence-corrected chi connectivity index (χ4v) is 2.30. The van der Waals surface area contributed by atoms with Gasteiger partial charge in [-0.25, -0.2) is 0 Å². The molecule has 0 spiro atoms. The molecule has 2 unspecified atom stereocenters. The second-order valence-electron chi connectivity index (χ2n) is 4.65. The van der Waals surface area contributed by atoms with Gasteiger partial charge in [-0.15, -0.1) is 0 Å². The van der Waals surface area contributed by atoms with Crippen LogP contribution in [0.25, 0.3) is 0 Å². The van der Waals surface area contributed by atoms with Gasteiger partial charge in [-0.05, 0) is 11.1 Å². The molecule has 0 bridgehead atoms. The minimum atomic E-state index is -0.890. The molecule has 1 aliphatic heterocycles. The highest BCUT2D eigenvalue weighted by atomic mass is 16.4. The number of benzene rings is 1. The molecule has 18 heavy (non-hydrogen) atoms. The highest BCUT2D eigenvalue weighted by Gasteiger charge is 2.35. The number of nitrogens with zero attached hydrogens (tertiary/aromatic N) is 1. The van der Waals surface area contributed by atoms with Crippen LogP contribution in [-0.2, 0) is 17.9 Å². The first-order chi connectivity index (χ1) is 8.60. The van der Waals surface area contributed by atoms with Gasteiger partial charge in [0, 0.05) is 19.5 Å². The number of hydrogen-bond acceptors (Lipinski definition) is 4. The molecule has 3 N–H and O–H groups in total. The van der Waals surface area contributed by atoms with E-state index in [4.69, 9.17) is 10.2 Å². The van der Waals surface area contributed by atoms with E-state index < -0.39 is 18.1 Å². The molecule has 1 heterocycles. The number of β-amino-alcohol motifs (C(OH)–C–C–N with tert-alkyl or cyclic N) is 1. The minimum absolute atomic E-state index is 0.000456. The van der Waals surface area contributed by atoms with Gasteiger partial charge in [0.15, 0.2) is 0 Å². The fourth-order valence-electron chi connectivity index (χ4n) is 2.30. The van der Waals surface area contributed by atoms with E-state index in [1.54, 1.807) is 4.90 Å². The zero-order valence-electron chi connectivity index (χ0n) is 9.99. The first kappa shape index (κ1) is 13.0. The van der Waals surface area contributed by atoms with Crippen LogP contribution in [0.3, 0.4) is 0 Å². The zero-order valence-corrected chi connectivity index (χ0v) is 9.99. The minimum Gasteiger partial charge on any atom is -0.480 e. The molecule has 1 aliphatic rings. The van der Waals surface area contributed by atoms with Crippen molar-refractivity contribution < 1.29 is 20.1 Å². The van der Waals surface area contributed by atoms with Crippen LogP contribution in [0.2, 0.25) is 0 Å². The Morgan fingerprint density at radius 2 is 1.89 bits per heavy atom. The number of carboxylic acid groups (broad SMARTS) is 1. The number of aliphatic hydroxyl groups excluding tert-OH is 2. The molecule has 1 aromatic rings. The third kappa shape index (κ3) is 2.87. The van der Waals surface area contributed by atoms with Crippen molar-refractivity contribution in [1.29, 1.82) is 0 Å². The smallest absolute Gasteiger partial charge is 0.321 e. The van der Waals surface area contributed by atoms with Gasteiger partial charge < -0.3 is 15.3 Å². The van der Waals surface area contributed by atoms with Crippen molar-refractivity contribution in [3.63, 3.8) is 0 Å².